The largest absolute Gasteiger partial charge is 0.494 e. The molecule has 0 aliphatic carbocycles. The van der Waals surface area contributed by atoms with Crippen molar-refractivity contribution >= 4 is 35.1 Å². The van der Waals surface area contributed by atoms with Gasteiger partial charge in [-0.15, -0.1) is 0 Å². The quantitative estimate of drug-likeness (QED) is 0.740. The van der Waals surface area contributed by atoms with Crippen LogP contribution in [0, 0.1) is 0 Å². The van der Waals surface area contributed by atoms with Crippen molar-refractivity contribution in [3.8, 4) is 11.5 Å². The zero-order chi connectivity index (χ0) is 15.7. The van der Waals surface area contributed by atoms with Gasteiger partial charge in [-0.3, -0.25) is 4.79 Å². The summed E-state index contributed by atoms with van der Waals surface area (Å²) in [5, 5.41) is 0.921. The highest BCUT2D eigenvalue weighted by atomic mass is 35.5. The van der Waals surface area contributed by atoms with Crippen molar-refractivity contribution in [3.05, 3.63) is 63.3 Å². The monoisotopic (exact) mass is 334 g/mol. The highest BCUT2D eigenvalue weighted by Crippen LogP contribution is 2.36. The van der Waals surface area contributed by atoms with Gasteiger partial charge in [-0.05, 0) is 37.3 Å². The minimum absolute atomic E-state index is 0.193. The SMILES string of the molecule is CCOc1ccc2c(c1)O/C(=C/c1c(Cl)cccc1Cl)C2=O. The van der Waals surface area contributed by atoms with Crippen LogP contribution in [0.2, 0.25) is 10.0 Å². The van der Waals surface area contributed by atoms with E-state index in [1.165, 1.54) is 0 Å². The van der Waals surface area contributed by atoms with Crippen LogP contribution in [-0.4, -0.2) is 12.4 Å². The molecule has 3 rings (SSSR count). The van der Waals surface area contributed by atoms with Gasteiger partial charge >= 0.3 is 0 Å². The molecule has 0 amide bonds. The van der Waals surface area contributed by atoms with E-state index in [1.807, 2.05) is 6.92 Å². The number of halogens is 2. The maximum atomic E-state index is 12.4. The molecule has 0 aromatic heterocycles. The molecule has 0 saturated carbocycles. The van der Waals surface area contributed by atoms with E-state index >= 15 is 0 Å². The summed E-state index contributed by atoms with van der Waals surface area (Å²) in [4.78, 5) is 12.4. The van der Waals surface area contributed by atoms with E-state index in [2.05, 4.69) is 0 Å². The second kappa shape index (κ2) is 6.03. The van der Waals surface area contributed by atoms with Crippen molar-refractivity contribution < 1.29 is 14.3 Å². The van der Waals surface area contributed by atoms with Crippen LogP contribution in [0.15, 0.2) is 42.2 Å². The van der Waals surface area contributed by atoms with Crippen LogP contribution < -0.4 is 9.47 Å². The maximum absolute atomic E-state index is 12.4. The summed E-state index contributed by atoms with van der Waals surface area (Å²) in [5.74, 6) is 1.13. The number of ether oxygens (including phenoxy) is 2. The second-order valence-electron chi connectivity index (χ2n) is 4.67. The van der Waals surface area contributed by atoms with Crippen LogP contribution in [0.1, 0.15) is 22.8 Å². The molecule has 1 heterocycles. The molecule has 3 nitrogen and oxygen atoms in total. The standard InChI is InChI=1S/C17H12Cl2O3/c1-2-21-10-6-7-11-15(8-10)22-16(17(11)20)9-12-13(18)4-3-5-14(12)19/h3-9H,2H2,1H3/b16-9+. The number of rotatable bonds is 3. The van der Waals surface area contributed by atoms with Crippen LogP contribution in [0.3, 0.4) is 0 Å². The molecule has 5 heteroatoms. The molecule has 0 atom stereocenters. The van der Waals surface area contributed by atoms with E-state index in [0.29, 0.717) is 39.3 Å². The first-order valence-corrected chi connectivity index (χ1v) is 7.51. The lowest BCUT2D eigenvalue weighted by molar-refractivity contribution is 0.101. The third kappa shape index (κ3) is 2.70. The van der Waals surface area contributed by atoms with Crippen molar-refractivity contribution in [1.29, 1.82) is 0 Å². The molecule has 0 spiro atoms. The fourth-order valence-corrected chi connectivity index (χ4v) is 2.71. The normalized spacial score (nSPS) is 14.9. The fraction of sp³-hybridized carbons (Fsp3) is 0.118. The van der Waals surface area contributed by atoms with Gasteiger partial charge in [0.25, 0.3) is 0 Å². The van der Waals surface area contributed by atoms with E-state index in [0.717, 1.165) is 0 Å². The molecule has 112 valence electrons. The number of benzene rings is 2. The lowest BCUT2D eigenvalue weighted by Gasteiger charge is -2.04. The van der Waals surface area contributed by atoms with Crippen LogP contribution in [0.4, 0.5) is 0 Å². The Morgan fingerprint density at radius 1 is 1.18 bits per heavy atom. The molecule has 0 unspecified atom stereocenters. The molecule has 22 heavy (non-hydrogen) atoms. The average molecular weight is 335 g/mol. The number of carbonyl (C=O) groups is 1. The minimum Gasteiger partial charge on any atom is -0.494 e. The van der Waals surface area contributed by atoms with Crippen LogP contribution in [-0.2, 0) is 0 Å². The van der Waals surface area contributed by atoms with E-state index in [9.17, 15) is 4.79 Å². The van der Waals surface area contributed by atoms with Gasteiger partial charge in [-0.2, -0.15) is 0 Å². The van der Waals surface area contributed by atoms with Crippen LogP contribution in [0.5, 0.6) is 11.5 Å². The summed E-state index contributed by atoms with van der Waals surface area (Å²) in [6, 6.07) is 10.3. The molecule has 1 aliphatic heterocycles. The highest BCUT2D eigenvalue weighted by Gasteiger charge is 2.28. The Morgan fingerprint density at radius 2 is 1.91 bits per heavy atom. The number of hydrogen-bond acceptors (Lipinski definition) is 3. The van der Waals surface area contributed by atoms with Gasteiger partial charge in [0, 0.05) is 21.7 Å². The molecule has 2 aromatic rings. The predicted octanol–water partition coefficient (Wildman–Crippen LogP) is 5.01. The Hall–Kier alpha value is -1.97. The zero-order valence-corrected chi connectivity index (χ0v) is 13.2. The number of carbonyl (C=O) groups excluding carboxylic acids is 1. The van der Waals surface area contributed by atoms with Crippen molar-refractivity contribution in [2.75, 3.05) is 6.61 Å². The number of allylic oxidation sites excluding steroid dienone is 1. The smallest absolute Gasteiger partial charge is 0.231 e. The summed E-state index contributed by atoms with van der Waals surface area (Å²) in [6.07, 6.45) is 1.56. The van der Waals surface area contributed by atoms with Gasteiger partial charge in [0.15, 0.2) is 5.76 Å². The summed E-state index contributed by atoms with van der Waals surface area (Å²) >= 11 is 12.2. The first-order chi connectivity index (χ1) is 10.6. The topological polar surface area (TPSA) is 35.5 Å². The lowest BCUT2D eigenvalue weighted by Crippen LogP contribution is -1.98. The predicted molar refractivity (Wildman–Crippen MR) is 87.0 cm³/mol. The Labute approximate surface area is 138 Å². The Bertz CT molecular complexity index is 761. The van der Waals surface area contributed by atoms with Crippen molar-refractivity contribution in [2.45, 2.75) is 6.92 Å². The Balaban J connectivity index is 1.98. The molecule has 0 fully saturated rings. The molecule has 1 aliphatic rings. The number of hydrogen-bond donors (Lipinski definition) is 0. The number of ketones is 1. The minimum atomic E-state index is -0.200. The number of Topliss-reactive ketones (excluding diaryl/α,β-unsaturated/α-hetero) is 1. The van der Waals surface area contributed by atoms with Crippen molar-refractivity contribution in [3.63, 3.8) is 0 Å². The third-order valence-electron chi connectivity index (χ3n) is 3.23. The van der Waals surface area contributed by atoms with Gasteiger partial charge < -0.3 is 9.47 Å². The first-order valence-electron chi connectivity index (χ1n) is 6.75. The lowest BCUT2D eigenvalue weighted by atomic mass is 10.1. The molecule has 0 saturated heterocycles. The average Bonchev–Trinajstić information content (AvgIpc) is 2.79. The first kappa shape index (κ1) is 14.9. The number of fused-ring (bicyclic) bond motifs is 1. The molecule has 0 bridgehead atoms. The van der Waals surface area contributed by atoms with Gasteiger partial charge in [-0.1, -0.05) is 29.3 Å². The summed E-state index contributed by atoms with van der Waals surface area (Å²) in [6.45, 7) is 2.44. The van der Waals surface area contributed by atoms with Gasteiger partial charge in [0.1, 0.15) is 11.5 Å². The summed E-state index contributed by atoms with van der Waals surface area (Å²) in [5.41, 5.74) is 1.06. The van der Waals surface area contributed by atoms with Crippen LogP contribution in [0.25, 0.3) is 6.08 Å². The summed E-state index contributed by atoms with van der Waals surface area (Å²) in [7, 11) is 0. The fourth-order valence-electron chi connectivity index (χ4n) is 2.20. The van der Waals surface area contributed by atoms with E-state index in [-0.39, 0.29) is 11.5 Å². The Kier molecular flexibility index (Phi) is 4.10. The van der Waals surface area contributed by atoms with Gasteiger partial charge in [-0.25, -0.2) is 0 Å². The highest BCUT2D eigenvalue weighted by molar-refractivity contribution is 6.37. The molecular formula is C17H12Cl2O3. The second-order valence-corrected chi connectivity index (χ2v) is 5.48. The van der Waals surface area contributed by atoms with E-state index < -0.39 is 0 Å². The molecular weight excluding hydrogens is 323 g/mol. The van der Waals surface area contributed by atoms with E-state index in [1.54, 1.807) is 42.5 Å². The van der Waals surface area contributed by atoms with Crippen LogP contribution >= 0.6 is 23.2 Å². The Morgan fingerprint density at radius 3 is 2.59 bits per heavy atom. The summed E-state index contributed by atoms with van der Waals surface area (Å²) < 4.78 is 11.0. The van der Waals surface area contributed by atoms with Crippen molar-refractivity contribution in [2.24, 2.45) is 0 Å². The van der Waals surface area contributed by atoms with Crippen molar-refractivity contribution in [1.82, 2.24) is 0 Å². The maximum Gasteiger partial charge on any atom is 0.231 e. The zero-order valence-electron chi connectivity index (χ0n) is 11.7. The van der Waals surface area contributed by atoms with E-state index in [4.69, 9.17) is 32.7 Å². The van der Waals surface area contributed by atoms with Gasteiger partial charge in [0.05, 0.1) is 12.2 Å². The third-order valence-corrected chi connectivity index (χ3v) is 3.89. The molecule has 0 radical (unpaired) electrons. The van der Waals surface area contributed by atoms with Gasteiger partial charge in [0.2, 0.25) is 5.78 Å². The molecule has 0 N–H and O–H groups in total. The molecule has 2 aromatic carbocycles.